The lowest BCUT2D eigenvalue weighted by Gasteiger charge is -2.40. The van der Waals surface area contributed by atoms with E-state index in [0.29, 0.717) is 24.4 Å². The second-order valence-corrected chi connectivity index (χ2v) is 12.4. The number of hydrogen-bond acceptors (Lipinski definition) is 6. The van der Waals surface area contributed by atoms with Gasteiger partial charge in [-0.2, -0.15) is 0 Å². The molecule has 212 valence electrons. The van der Waals surface area contributed by atoms with Crippen LogP contribution in [-0.2, 0) is 27.2 Å². The van der Waals surface area contributed by atoms with Crippen molar-refractivity contribution in [1.82, 2.24) is 9.47 Å². The van der Waals surface area contributed by atoms with Crippen LogP contribution in [0.15, 0.2) is 42.6 Å². The fourth-order valence-corrected chi connectivity index (χ4v) is 6.33. The van der Waals surface area contributed by atoms with Gasteiger partial charge in [0.15, 0.2) is 0 Å². The number of esters is 1. The Hall–Kier alpha value is -3.45. The number of aryl methyl sites for hydroxylation is 1. The summed E-state index contributed by atoms with van der Waals surface area (Å²) in [5, 5.41) is 0.979. The standard InChI is InChI=1S/C33H40N2O5/c1-21-18-26(14-17-36)28(27-13-16-35(30(21)27)32(38)40-33(2,3)4)20-34-15-12-25(22-6-7-22)19-29(34)23-8-10-24(11-9-23)31(37)39-5/h8-11,13,16-18,22,25,29H,6-7,12,14-15,19-20H2,1-5H3/t25-,29+/m1/s1. The molecular weight excluding hydrogens is 504 g/mol. The zero-order valence-corrected chi connectivity index (χ0v) is 24.2. The summed E-state index contributed by atoms with van der Waals surface area (Å²) in [6, 6.07) is 12.0. The van der Waals surface area contributed by atoms with E-state index in [4.69, 9.17) is 9.47 Å². The van der Waals surface area contributed by atoms with Gasteiger partial charge in [0.05, 0.1) is 18.2 Å². The van der Waals surface area contributed by atoms with Crippen LogP contribution >= 0.6 is 0 Å². The van der Waals surface area contributed by atoms with Gasteiger partial charge < -0.3 is 14.3 Å². The van der Waals surface area contributed by atoms with Gasteiger partial charge in [0.25, 0.3) is 0 Å². The van der Waals surface area contributed by atoms with Crippen LogP contribution in [0.2, 0.25) is 0 Å². The summed E-state index contributed by atoms with van der Waals surface area (Å²) in [6.45, 7) is 9.18. The van der Waals surface area contributed by atoms with Gasteiger partial charge in [0, 0.05) is 30.6 Å². The number of fused-ring (bicyclic) bond motifs is 1. The van der Waals surface area contributed by atoms with Crippen LogP contribution in [0.25, 0.3) is 10.9 Å². The maximum Gasteiger partial charge on any atom is 0.418 e. The van der Waals surface area contributed by atoms with Gasteiger partial charge in [-0.1, -0.05) is 18.2 Å². The second kappa shape index (κ2) is 11.2. The van der Waals surface area contributed by atoms with Crippen molar-refractivity contribution in [2.75, 3.05) is 13.7 Å². The quantitative estimate of drug-likeness (QED) is 0.246. The molecule has 7 heteroatoms. The molecule has 0 unspecified atom stereocenters. The molecular formula is C33H40N2O5. The fourth-order valence-electron chi connectivity index (χ4n) is 6.33. The van der Waals surface area contributed by atoms with Crippen molar-refractivity contribution < 1.29 is 23.9 Å². The Morgan fingerprint density at radius 3 is 2.40 bits per heavy atom. The van der Waals surface area contributed by atoms with E-state index in [1.807, 2.05) is 52.0 Å². The van der Waals surface area contributed by atoms with Gasteiger partial charge in [-0.3, -0.25) is 9.47 Å². The topological polar surface area (TPSA) is 77.8 Å². The molecule has 1 aromatic heterocycles. The van der Waals surface area contributed by atoms with Gasteiger partial charge in [0.2, 0.25) is 0 Å². The van der Waals surface area contributed by atoms with Crippen molar-refractivity contribution >= 4 is 29.3 Å². The molecule has 0 amide bonds. The number of carbonyl (C=O) groups is 3. The number of likely N-dealkylation sites (tertiary alicyclic amines) is 1. The Bertz CT molecular complexity index is 1410. The van der Waals surface area contributed by atoms with Crippen LogP contribution in [0.5, 0.6) is 0 Å². The maximum atomic E-state index is 13.1. The number of nitrogens with zero attached hydrogens (tertiary/aromatic N) is 2. The minimum Gasteiger partial charge on any atom is -0.465 e. The monoisotopic (exact) mass is 544 g/mol. The largest absolute Gasteiger partial charge is 0.465 e. The Morgan fingerprint density at radius 1 is 1.05 bits per heavy atom. The number of carbonyl (C=O) groups excluding carboxylic acids is 3. The highest BCUT2D eigenvalue weighted by Gasteiger charge is 2.38. The van der Waals surface area contributed by atoms with Crippen molar-refractivity contribution in [3.8, 4) is 0 Å². The third-order valence-corrected chi connectivity index (χ3v) is 8.38. The lowest BCUT2D eigenvalue weighted by molar-refractivity contribution is -0.107. The number of hydrogen-bond donors (Lipinski definition) is 0. The molecule has 40 heavy (non-hydrogen) atoms. The van der Waals surface area contributed by atoms with Crippen LogP contribution in [0.4, 0.5) is 4.79 Å². The molecule has 2 fully saturated rings. The number of aromatic nitrogens is 1. The average Bonchev–Trinajstić information content (AvgIpc) is 3.67. The molecule has 2 aromatic carbocycles. The van der Waals surface area contributed by atoms with Crippen LogP contribution in [-0.4, -0.2) is 47.1 Å². The first kappa shape index (κ1) is 28.1. The number of aldehydes is 1. The van der Waals surface area contributed by atoms with Crippen LogP contribution in [0, 0.1) is 18.8 Å². The Morgan fingerprint density at radius 2 is 1.77 bits per heavy atom. The number of methoxy groups -OCH3 is 1. The third-order valence-electron chi connectivity index (χ3n) is 8.38. The first-order valence-electron chi connectivity index (χ1n) is 14.3. The zero-order valence-electron chi connectivity index (χ0n) is 24.2. The maximum absolute atomic E-state index is 13.1. The minimum atomic E-state index is -0.607. The van der Waals surface area contributed by atoms with E-state index >= 15 is 0 Å². The molecule has 0 spiro atoms. The first-order chi connectivity index (χ1) is 19.1. The van der Waals surface area contributed by atoms with Gasteiger partial charge in [-0.15, -0.1) is 0 Å². The predicted molar refractivity (Wildman–Crippen MR) is 154 cm³/mol. The highest BCUT2D eigenvalue weighted by Crippen LogP contribution is 2.47. The molecule has 0 N–H and O–H groups in total. The highest BCUT2D eigenvalue weighted by molar-refractivity contribution is 5.94. The summed E-state index contributed by atoms with van der Waals surface area (Å²) in [5.41, 5.74) is 4.96. The van der Waals surface area contributed by atoms with E-state index in [9.17, 15) is 14.4 Å². The van der Waals surface area contributed by atoms with E-state index in [0.717, 1.165) is 59.2 Å². The number of benzene rings is 2. The fraction of sp³-hybridized carbons (Fsp3) is 0.485. The third kappa shape index (κ3) is 5.85. The summed E-state index contributed by atoms with van der Waals surface area (Å²) < 4.78 is 12.2. The van der Waals surface area contributed by atoms with Crippen LogP contribution in [0.3, 0.4) is 0 Å². The summed E-state index contributed by atoms with van der Waals surface area (Å²) >= 11 is 0. The van der Waals surface area contributed by atoms with Crippen molar-refractivity contribution in [1.29, 1.82) is 0 Å². The predicted octanol–water partition coefficient (Wildman–Crippen LogP) is 6.62. The average molecular weight is 545 g/mol. The van der Waals surface area contributed by atoms with E-state index in [1.165, 1.54) is 25.5 Å². The van der Waals surface area contributed by atoms with Gasteiger partial charge >= 0.3 is 12.1 Å². The SMILES string of the molecule is COC(=O)c1ccc([C@@H]2C[C@H](C3CC3)CCN2Cc2c(CC=O)cc(C)c3c2ccn3C(=O)OC(C)(C)C)cc1. The normalized spacial score (nSPS) is 19.9. The van der Waals surface area contributed by atoms with Crippen LogP contribution < -0.4 is 0 Å². The summed E-state index contributed by atoms with van der Waals surface area (Å²) in [6.07, 6.45) is 7.50. The number of piperidine rings is 1. The Labute approximate surface area is 236 Å². The van der Waals surface area contributed by atoms with E-state index in [-0.39, 0.29) is 12.0 Å². The highest BCUT2D eigenvalue weighted by atomic mass is 16.6. The van der Waals surface area contributed by atoms with Crippen molar-refractivity contribution in [3.63, 3.8) is 0 Å². The Kier molecular flexibility index (Phi) is 7.87. The molecule has 7 nitrogen and oxygen atoms in total. The molecule has 2 aliphatic rings. The minimum absolute atomic E-state index is 0.194. The lowest BCUT2D eigenvalue weighted by atomic mass is 9.83. The van der Waals surface area contributed by atoms with E-state index in [1.54, 1.807) is 10.8 Å². The number of rotatable bonds is 7. The van der Waals surface area contributed by atoms with Crippen LogP contribution in [0.1, 0.15) is 85.1 Å². The number of ether oxygens (including phenoxy) is 2. The summed E-state index contributed by atoms with van der Waals surface area (Å²) in [5.74, 6) is 1.18. The molecule has 0 bridgehead atoms. The van der Waals surface area contributed by atoms with E-state index < -0.39 is 11.7 Å². The smallest absolute Gasteiger partial charge is 0.418 e. The van der Waals surface area contributed by atoms with Crippen molar-refractivity contribution in [3.05, 3.63) is 70.4 Å². The van der Waals surface area contributed by atoms with Gasteiger partial charge in [-0.25, -0.2) is 9.59 Å². The first-order valence-corrected chi connectivity index (χ1v) is 14.3. The molecule has 2 heterocycles. The van der Waals surface area contributed by atoms with Crippen molar-refractivity contribution in [2.24, 2.45) is 11.8 Å². The molecule has 1 aliphatic heterocycles. The molecule has 0 radical (unpaired) electrons. The van der Waals surface area contributed by atoms with Gasteiger partial charge in [-0.05, 0) is 112 Å². The zero-order chi connectivity index (χ0) is 28.6. The molecule has 1 aliphatic carbocycles. The summed E-state index contributed by atoms with van der Waals surface area (Å²) in [7, 11) is 1.40. The second-order valence-electron chi connectivity index (χ2n) is 12.4. The van der Waals surface area contributed by atoms with E-state index in [2.05, 4.69) is 17.0 Å². The summed E-state index contributed by atoms with van der Waals surface area (Å²) in [4.78, 5) is 39.4. The molecule has 2 atom stereocenters. The van der Waals surface area contributed by atoms with Crippen molar-refractivity contribution in [2.45, 2.75) is 78.0 Å². The molecule has 1 saturated carbocycles. The Balaban J connectivity index is 1.52. The molecule has 3 aromatic rings. The van der Waals surface area contributed by atoms with Gasteiger partial charge in [0.1, 0.15) is 11.9 Å². The lowest BCUT2D eigenvalue weighted by Crippen LogP contribution is -2.37. The molecule has 5 rings (SSSR count). The molecule has 1 saturated heterocycles.